The predicted octanol–water partition coefficient (Wildman–Crippen LogP) is 4.00. The molecular formula is C16H11Cl2N3O2. The van der Waals surface area contributed by atoms with Crippen molar-refractivity contribution >= 4 is 29.2 Å². The molecule has 1 aromatic heterocycles. The molecule has 0 fully saturated rings. The molecule has 5 nitrogen and oxygen atoms in total. The zero-order valence-corrected chi connectivity index (χ0v) is 13.3. The monoisotopic (exact) mass is 347 g/mol. The predicted molar refractivity (Wildman–Crippen MR) is 88.0 cm³/mol. The second-order valence-electron chi connectivity index (χ2n) is 4.89. The van der Waals surface area contributed by atoms with Crippen LogP contribution in [-0.4, -0.2) is 26.1 Å². The van der Waals surface area contributed by atoms with Gasteiger partial charge in [0.05, 0.1) is 6.54 Å². The lowest BCUT2D eigenvalue weighted by atomic mass is 10.1. The van der Waals surface area contributed by atoms with Crippen LogP contribution >= 0.6 is 23.2 Å². The molecule has 0 aliphatic rings. The minimum Gasteiger partial charge on any atom is -0.476 e. The lowest BCUT2D eigenvalue weighted by molar-refractivity contribution is 0.0691. The zero-order valence-electron chi connectivity index (χ0n) is 11.8. The third-order valence-corrected chi connectivity index (χ3v) is 3.77. The van der Waals surface area contributed by atoms with Gasteiger partial charge >= 0.3 is 5.97 Å². The van der Waals surface area contributed by atoms with Crippen LogP contribution in [-0.2, 0) is 6.54 Å². The van der Waals surface area contributed by atoms with Crippen LogP contribution in [0.15, 0.2) is 48.5 Å². The Morgan fingerprint density at radius 1 is 1.09 bits per heavy atom. The van der Waals surface area contributed by atoms with Crippen LogP contribution < -0.4 is 0 Å². The van der Waals surface area contributed by atoms with Crippen LogP contribution in [0.1, 0.15) is 16.1 Å². The number of carboxylic acid groups (broad SMARTS) is 1. The maximum Gasteiger partial charge on any atom is 0.358 e. The van der Waals surface area contributed by atoms with Crippen molar-refractivity contribution in [1.82, 2.24) is 15.0 Å². The number of carboxylic acids is 1. The van der Waals surface area contributed by atoms with Gasteiger partial charge in [0.15, 0.2) is 5.69 Å². The van der Waals surface area contributed by atoms with E-state index in [9.17, 15) is 9.90 Å². The van der Waals surface area contributed by atoms with E-state index in [4.69, 9.17) is 23.2 Å². The normalized spacial score (nSPS) is 10.7. The van der Waals surface area contributed by atoms with Gasteiger partial charge in [-0.3, -0.25) is 0 Å². The highest BCUT2D eigenvalue weighted by Gasteiger charge is 2.20. The maximum atomic E-state index is 11.4. The van der Waals surface area contributed by atoms with Crippen molar-refractivity contribution in [3.63, 3.8) is 0 Å². The first-order chi connectivity index (χ1) is 11.0. The van der Waals surface area contributed by atoms with Gasteiger partial charge in [-0.2, -0.15) is 0 Å². The van der Waals surface area contributed by atoms with Gasteiger partial charge in [0.2, 0.25) is 0 Å². The van der Waals surface area contributed by atoms with Gasteiger partial charge in [0, 0.05) is 15.6 Å². The molecule has 0 aliphatic carbocycles. The summed E-state index contributed by atoms with van der Waals surface area (Å²) in [5.74, 6) is -1.14. The molecule has 0 radical (unpaired) electrons. The van der Waals surface area contributed by atoms with Crippen molar-refractivity contribution in [3.05, 3.63) is 69.8 Å². The third-order valence-electron chi connectivity index (χ3n) is 3.28. The smallest absolute Gasteiger partial charge is 0.358 e. The average Bonchev–Trinajstić information content (AvgIpc) is 2.93. The Kier molecular flexibility index (Phi) is 4.32. The van der Waals surface area contributed by atoms with Gasteiger partial charge in [0.25, 0.3) is 0 Å². The van der Waals surface area contributed by atoms with Crippen molar-refractivity contribution in [2.45, 2.75) is 6.54 Å². The van der Waals surface area contributed by atoms with E-state index < -0.39 is 5.97 Å². The molecule has 0 aliphatic heterocycles. The molecule has 0 unspecified atom stereocenters. The molecular weight excluding hydrogens is 337 g/mol. The van der Waals surface area contributed by atoms with Crippen LogP contribution in [0.5, 0.6) is 0 Å². The SMILES string of the molecule is O=C(O)c1nnn(Cc2ccc(Cl)cc2)c1-c1cccc(Cl)c1. The van der Waals surface area contributed by atoms with E-state index in [-0.39, 0.29) is 5.69 Å². The number of carbonyl (C=O) groups is 1. The molecule has 23 heavy (non-hydrogen) atoms. The fraction of sp³-hybridized carbons (Fsp3) is 0.0625. The number of aromatic carboxylic acids is 1. The van der Waals surface area contributed by atoms with Gasteiger partial charge in [-0.15, -0.1) is 5.10 Å². The van der Waals surface area contributed by atoms with Crippen LogP contribution in [0.4, 0.5) is 0 Å². The summed E-state index contributed by atoms with van der Waals surface area (Å²) in [4.78, 5) is 11.4. The molecule has 2 aromatic carbocycles. The highest BCUT2D eigenvalue weighted by molar-refractivity contribution is 6.31. The summed E-state index contributed by atoms with van der Waals surface area (Å²) in [5.41, 5.74) is 1.88. The van der Waals surface area contributed by atoms with Crippen molar-refractivity contribution in [2.75, 3.05) is 0 Å². The molecule has 0 saturated heterocycles. The highest BCUT2D eigenvalue weighted by atomic mass is 35.5. The van der Waals surface area contributed by atoms with E-state index in [1.54, 1.807) is 41.1 Å². The van der Waals surface area contributed by atoms with Gasteiger partial charge in [-0.1, -0.05) is 52.7 Å². The summed E-state index contributed by atoms with van der Waals surface area (Å²) in [5, 5.41) is 18.2. The number of benzene rings is 2. The number of rotatable bonds is 4. The Bertz CT molecular complexity index is 860. The number of aromatic nitrogens is 3. The minimum absolute atomic E-state index is 0.110. The Morgan fingerprint density at radius 3 is 2.48 bits per heavy atom. The Balaban J connectivity index is 2.07. The minimum atomic E-state index is -1.14. The number of hydrogen-bond acceptors (Lipinski definition) is 3. The molecule has 7 heteroatoms. The zero-order chi connectivity index (χ0) is 16.4. The van der Waals surface area contributed by atoms with Gasteiger partial charge in [0.1, 0.15) is 5.69 Å². The van der Waals surface area contributed by atoms with Crippen molar-refractivity contribution in [2.24, 2.45) is 0 Å². The summed E-state index contributed by atoms with van der Waals surface area (Å²) in [6, 6.07) is 14.2. The molecule has 0 atom stereocenters. The van der Waals surface area contributed by atoms with Gasteiger partial charge in [-0.05, 0) is 29.8 Å². The first-order valence-electron chi connectivity index (χ1n) is 6.72. The van der Waals surface area contributed by atoms with E-state index in [2.05, 4.69) is 10.3 Å². The van der Waals surface area contributed by atoms with E-state index in [1.165, 1.54) is 0 Å². The number of hydrogen-bond donors (Lipinski definition) is 1. The summed E-state index contributed by atoms with van der Waals surface area (Å²) < 4.78 is 1.54. The Hall–Kier alpha value is -2.37. The molecule has 0 amide bonds. The number of nitrogens with zero attached hydrogens (tertiary/aromatic N) is 3. The molecule has 0 saturated carbocycles. The highest BCUT2D eigenvalue weighted by Crippen LogP contribution is 2.26. The summed E-state index contributed by atoms with van der Waals surface area (Å²) in [7, 11) is 0. The van der Waals surface area contributed by atoms with E-state index in [0.717, 1.165) is 5.56 Å². The van der Waals surface area contributed by atoms with Crippen LogP contribution in [0, 0.1) is 0 Å². The van der Waals surface area contributed by atoms with Crippen molar-refractivity contribution in [3.8, 4) is 11.3 Å². The fourth-order valence-electron chi connectivity index (χ4n) is 2.25. The van der Waals surface area contributed by atoms with E-state index in [1.807, 2.05) is 12.1 Å². The Labute approximate surface area is 142 Å². The van der Waals surface area contributed by atoms with Crippen molar-refractivity contribution in [1.29, 1.82) is 0 Å². The Morgan fingerprint density at radius 2 is 1.83 bits per heavy atom. The standard InChI is InChI=1S/C16H11Cl2N3O2/c17-12-6-4-10(5-7-12)9-21-15(14(16(22)23)19-20-21)11-2-1-3-13(18)8-11/h1-8H,9H2,(H,22,23). The first-order valence-corrected chi connectivity index (χ1v) is 7.47. The molecule has 116 valence electrons. The van der Waals surface area contributed by atoms with Crippen LogP contribution in [0.2, 0.25) is 10.0 Å². The van der Waals surface area contributed by atoms with E-state index >= 15 is 0 Å². The summed E-state index contributed by atoms with van der Waals surface area (Å²) in [6.45, 7) is 0.374. The largest absolute Gasteiger partial charge is 0.476 e. The van der Waals surface area contributed by atoms with E-state index in [0.29, 0.717) is 27.8 Å². The van der Waals surface area contributed by atoms with Crippen LogP contribution in [0.25, 0.3) is 11.3 Å². The molecule has 1 N–H and O–H groups in total. The van der Waals surface area contributed by atoms with Crippen LogP contribution in [0.3, 0.4) is 0 Å². The third kappa shape index (κ3) is 3.36. The second-order valence-corrected chi connectivity index (χ2v) is 5.76. The fourth-order valence-corrected chi connectivity index (χ4v) is 2.57. The number of halogens is 2. The maximum absolute atomic E-state index is 11.4. The second kappa shape index (κ2) is 6.40. The average molecular weight is 348 g/mol. The molecule has 3 aromatic rings. The van der Waals surface area contributed by atoms with Gasteiger partial charge in [-0.25, -0.2) is 9.48 Å². The summed E-state index contributed by atoms with van der Waals surface area (Å²) in [6.07, 6.45) is 0. The molecule has 0 bridgehead atoms. The molecule has 0 spiro atoms. The quantitative estimate of drug-likeness (QED) is 0.774. The van der Waals surface area contributed by atoms with Gasteiger partial charge < -0.3 is 5.11 Å². The topological polar surface area (TPSA) is 68.0 Å². The first kappa shape index (κ1) is 15.5. The lowest BCUT2D eigenvalue weighted by Gasteiger charge is -2.08. The molecule has 3 rings (SSSR count). The van der Waals surface area contributed by atoms with Crippen molar-refractivity contribution < 1.29 is 9.90 Å². The lowest BCUT2D eigenvalue weighted by Crippen LogP contribution is -2.06. The summed E-state index contributed by atoms with van der Waals surface area (Å²) >= 11 is 11.9. The molecule has 1 heterocycles.